The zero-order chi connectivity index (χ0) is 18.8. The van der Waals surface area contributed by atoms with Gasteiger partial charge in [0.15, 0.2) is 0 Å². The summed E-state index contributed by atoms with van der Waals surface area (Å²) in [6.07, 6.45) is 6.05. The number of nitrogens with zero attached hydrogens (tertiary/aromatic N) is 3. The predicted molar refractivity (Wildman–Crippen MR) is 101 cm³/mol. The van der Waals surface area contributed by atoms with E-state index in [0.717, 1.165) is 41.5 Å². The van der Waals surface area contributed by atoms with Crippen LogP contribution in [-0.4, -0.2) is 46.4 Å². The van der Waals surface area contributed by atoms with Crippen LogP contribution in [0.5, 0.6) is 0 Å². The molecule has 0 spiro atoms. The van der Waals surface area contributed by atoms with Gasteiger partial charge in [-0.3, -0.25) is 9.78 Å². The first-order valence-electron chi connectivity index (χ1n) is 8.64. The molecule has 3 heterocycles. The van der Waals surface area contributed by atoms with Crippen LogP contribution in [-0.2, 0) is 20.9 Å². The van der Waals surface area contributed by atoms with E-state index < -0.39 is 0 Å². The number of carbonyl (C=O) groups is 1. The summed E-state index contributed by atoms with van der Waals surface area (Å²) in [7, 11) is 0. The molecule has 7 nitrogen and oxygen atoms in total. The van der Waals surface area contributed by atoms with Gasteiger partial charge in [0.2, 0.25) is 0 Å². The number of piperidine rings is 1. The number of pyridine rings is 1. The van der Waals surface area contributed by atoms with E-state index in [2.05, 4.69) is 25.2 Å². The van der Waals surface area contributed by atoms with Crippen LogP contribution >= 0.6 is 11.3 Å². The molecular weight excluding hydrogens is 352 g/mol. The van der Waals surface area contributed by atoms with Gasteiger partial charge in [0.05, 0.1) is 6.10 Å². The molecule has 1 N–H and O–H groups in total. The zero-order valence-corrected chi connectivity index (χ0v) is 16.3. The maximum absolute atomic E-state index is 9.60. The third kappa shape index (κ3) is 7.55. The second-order valence-electron chi connectivity index (χ2n) is 6.82. The van der Waals surface area contributed by atoms with E-state index in [1.54, 1.807) is 23.7 Å². The summed E-state index contributed by atoms with van der Waals surface area (Å²) in [6, 6.07) is 3.88. The fourth-order valence-electron chi connectivity index (χ4n) is 2.22. The molecule has 1 aliphatic heterocycles. The Balaban J connectivity index is 0.000000298. The summed E-state index contributed by atoms with van der Waals surface area (Å²) in [6.45, 7) is 8.57. The molecule has 0 saturated carbocycles. The number of rotatable bonds is 5. The van der Waals surface area contributed by atoms with Crippen LogP contribution in [0.1, 0.15) is 38.6 Å². The third-order valence-electron chi connectivity index (χ3n) is 3.52. The van der Waals surface area contributed by atoms with Crippen molar-refractivity contribution in [2.75, 3.05) is 13.1 Å². The van der Waals surface area contributed by atoms with Crippen molar-refractivity contribution in [3.63, 3.8) is 0 Å². The van der Waals surface area contributed by atoms with Crippen molar-refractivity contribution in [1.29, 1.82) is 0 Å². The lowest BCUT2D eigenvalue weighted by atomic mass is 10.1. The van der Waals surface area contributed by atoms with Crippen LogP contribution in [0.15, 0.2) is 24.5 Å². The molecule has 0 bridgehead atoms. The van der Waals surface area contributed by atoms with Gasteiger partial charge in [-0.25, -0.2) is 0 Å². The number of aromatic nitrogens is 3. The van der Waals surface area contributed by atoms with Crippen molar-refractivity contribution in [3.05, 3.63) is 29.5 Å². The SMILES string of the molecule is CC(C)(C)OC=O.c1cc(-c2nnc(COC3CCNCC3)s2)ccn1. The summed E-state index contributed by atoms with van der Waals surface area (Å²) >= 11 is 1.58. The van der Waals surface area contributed by atoms with Gasteiger partial charge in [-0.15, -0.1) is 10.2 Å². The van der Waals surface area contributed by atoms with Crippen molar-refractivity contribution < 1.29 is 14.3 Å². The second-order valence-corrected chi connectivity index (χ2v) is 7.89. The Morgan fingerprint density at radius 2 is 1.92 bits per heavy atom. The number of ether oxygens (including phenoxy) is 2. The lowest BCUT2D eigenvalue weighted by Gasteiger charge is -2.22. The minimum Gasteiger partial charge on any atom is -0.462 e. The molecular formula is C18H26N4O3S. The van der Waals surface area contributed by atoms with Crippen LogP contribution in [0.2, 0.25) is 0 Å². The summed E-state index contributed by atoms with van der Waals surface area (Å²) in [5, 5.41) is 13.6. The molecule has 1 fully saturated rings. The molecule has 0 radical (unpaired) electrons. The highest BCUT2D eigenvalue weighted by Crippen LogP contribution is 2.23. The van der Waals surface area contributed by atoms with Crippen LogP contribution in [0.3, 0.4) is 0 Å². The van der Waals surface area contributed by atoms with Crippen LogP contribution in [0.4, 0.5) is 0 Å². The van der Waals surface area contributed by atoms with Crippen molar-refractivity contribution in [2.24, 2.45) is 0 Å². The standard InChI is InChI=1S/C13H16N4OS.C5H10O2/c1-5-14-6-2-10(1)13-17-16-12(19-13)9-18-11-3-7-15-8-4-11;1-5(2,3)7-4-6/h1-2,5-6,11,15H,3-4,7-9H2;4H,1-3H3. The van der Waals surface area contributed by atoms with Gasteiger partial charge < -0.3 is 14.8 Å². The van der Waals surface area contributed by atoms with Crippen molar-refractivity contribution in [1.82, 2.24) is 20.5 Å². The van der Waals surface area contributed by atoms with Gasteiger partial charge in [0.25, 0.3) is 6.47 Å². The second kappa shape index (κ2) is 10.3. The topological polar surface area (TPSA) is 86.2 Å². The summed E-state index contributed by atoms with van der Waals surface area (Å²) in [5.41, 5.74) is 0.738. The minimum absolute atomic E-state index is 0.318. The first kappa shape index (κ1) is 20.4. The van der Waals surface area contributed by atoms with Crippen LogP contribution in [0.25, 0.3) is 10.6 Å². The Bertz CT molecular complexity index is 652. The highest BCUT2D eigenvalue weighted by Gasteiger charge is 2.14. The van der Waals surface area contributed by atoms with Gasteiger partial charge in [0.1, 0.15) is 22.2 Å². The van der Waals surface area contributed by atoms with E-state index in [1.807, 2.05) is 32.9 Å². The zero-order valence-electron chi connectivity index (χ0n) is 15.5. The Morgan fingerprint density at radius 1 is 1.23 bits per heavy atom. The largest absolute Gasteiger partial charge is 0.462 e. The van der Waals surface area contributed by atoms with Crippen molar-refractivity contribution >= 4 is 17.8 Å². The summed E-state index contributed by atoms with van der Waals surface area (Å²) in [5.74, 6) is 0. The van der Waals surface area contributed by atoms with E-state index in [4.69, 9.17) is 4.74 Å². The Morgan fingerprint density at radius 3 is 2.50 bits per heavy atom. The van der Waals surface area contributed by atoms with E-state index in [9.17, 15) is 4.79 Å². The lowest BCUT2D eigenvalue weighted by molar-refractivity contribution is -0.138. The summed E-state index contributed by atoms with van der Waals surface area (Å²) in [4.78, 5) is 13.6. The molecule has 2 aromatic heterocycles. The van der Waals surface area contributed by atoms with Crippen molar-refractivity contribution in [2.45, 2.75) is 51.9 Å². The van der Waals surface area contributed by atoms with Gasteiger partial charge in [-0.1, -0.05) is 11.3 Å². The van der Waals surface area contributed by atoms with Gasteiger partial charge in [-0.05, 0) is 58.8 Å². The molecule has 26 heavy (non-hydrogen) atoms. The minimum atomic E-state index is -0.318. The smallest absolute Gasteiger partial charge is 0.293 e. The number of carbonyl (C=O) groups excluding carboxylic acids is 1. The van der Waals surface area contributed by atoms with Gasteiger partial charge in [0, 0.05) is 18.0 Å². The Kier molecular flexibility index (Phi) is 8.08. The predicted octanol–water partition coefficient (Wildman–Crippen LogP) is 2.83. The average molecular weight is 378 g/mol. The van der Waals surface area contributed by atoms with Crippen LogP contribution in [0, 0.1) is 0 Å². The molecule has 0 aromatic carbocycles. The Labute approximate surface area is 158 Å². The number of nitrogens with one attached hydrogen (secondary N) is 1. The molecule has 0 amide bonds. The lowest BCUT2D eigenvalue weighted by Crippen LogP contribution is -2.32. The fourth-order valence-corrected chi connectivity index (χ4v) is 2.99. The van der Waals surface area contributed by atoms with E-state index in [1.165, 1.54) is 0 Å². The maximum Gasteiger partial charge on any atom is 0.293 e. The first-order chi connectivity index (χ1) is 12.5. The highest BCUT2D eigenvalue weighted by molar-refractivity contribution is 7.14. The molecule has 0 aliphatic carbocycles. The molecule has 0 unspecified atom stereocenters. The highest BCUT2D eigenvalue weighted by atomic mass is 32.1. The average Bonchev–Trinajstić information content (AvgIpc) is 3.10. The van der Waals surface area contributed by atoms with Gasteiger partial charge in [-0.2, -0.15) is 0 Å². The monoisotopic (exact) mass is 378 g/mol. The van der Waals surface area contributed by atoms with Crippen LogP contribution < -0.4 is 5.32 Å². The van der Waals surface area contributed by atoms with Gasteiger partial charge >= 0.3 is 0 Å². The normalized spacial score (nSPS) is 15.0. The molecule has 1 saturated heterocycles. The van der Waals surface area contributed by atoms with E-state index in [-0.39, 0.29) is 5.60 Å². The van der Waals surface area contributed by atoms with E-state index >= 15 is 0 Å². The molecule has 0 atom stereocenters. The summed E-state index contributed by atoms with van der Waals surface area (Å²) < 4.78 is 10.4. The third-order valence-corrected chi connectivity index (χ3v) is 4.47. The maximum atomic E-state index is 9.60. The fraction of sp³-hybridized carbons (Fsp3) is 0.556. The molecule has 8 heteroatoms. The molecule has 142 valence electrons. The quantitative estimate of drug-likeness (QED) is 0.801. The first-order valence-corrected chi connectivity index (χ1v) is 9.46. The number of hydrogen-bond acceptors (Lipinski definition) is 8. The van der Waals surface area contributed by atoms with E-state index in [0.29, 0.717) is 19.2 Å². The van der Waals surface area contributed by atoms with Crippen molar-refractivity contribution in [3.8, 4) is 10.6 Å². The molecule has 1 aliphatic rings. The molecule has 3 rings (SSSR count). The number of hydrogen-bond donors (Lipinski definition) is 1. The molecule has 2 aromatic rings. The Hall–Kier alpha value is -1.90.